The van der Waals surface area contributed by atoms with Gasteiger partial charge in [0.05, 0.1) is 6.10 Å². The van der Waals surface area contributed by atoms with Crippen molar-refractivity contribution in [1.29, 1.82) is 0 Å². The van der Waals surface area contributed by atoms with E-state index in [1.54, 1.807) is 0 Å². The molecule has 1 saturated heterocycles. The molecule has 0 amide bonds. The highest BCUT2D eigenvalue weighted by Crippen LogP contribution is 2.26. The van der Waals surface area contributed by atoms with Gasteiger partial charge in [0.2, 0.25) is 0 Å². The lowest BCUT2D eigenvalue weighted by atomic mass is 10.0. The Bertz CT molecular complexity index is 389. The maximum absolute atomic E-state index is 13.6. The van der Waals surface area contributed by atoms with Crippen molar-refractivity contribution < 1.29 is 13.9 Å². The summed E-state index contributed by atoms with van der Waals surface area (Å²) in [7, 11) is 0. The molecule has 0 aromatic heterocycles. The Balaban J connectivity index is 2.13. The average Bonchev–Trinajstić information content (AvgIpc) is 2.32. The lowest BCUT2D eigenvalue weighted by Gasteiger charge is -2.34. The van der Waals surface area contributed by atoms with Crippen LogP contribution in [0.3, 0.4) is 0 Å². The van der Waals surface area contributed by atoms with E-state index in [0.29, 0.717) is 18.4 Å². The smallest absolute Gasteiger partial charge is 0.128 e. The maximum atomic E-state index is 13.6. The molecule has 17 heavy (non-hydrogen) atoms. The molecular formula is C13H17F2NO. The van der Waals surface area contributed by atoms with E-state index in [0.717, 1.165) is 19.2 Å². The second kappa shape index (κ2) is 5.10. The number of aliphatic hydroxyl groups is 1. The lowest BCUT2D eigenvalue weighted by molar-refractivity contribution is 0.0637. The summed E-state index contributed by atoms with van der Waals surface area (Å²) in [5.74, 6) is -0.782. The fraction of sp³-hybridized carbons (Fsp3) is 0.538. The van der Waals surface area contributed by atoms with Crippen LogP contribution in [0.1, 0.15) is 31.4 Å². The number of nitrogens with zero attached hydrogens (tertiary/aromatic N) is 1. The van der Waals surface area contributed by atoms with Crippen molar-refractivity contribution in [2.45, 2.75) is 31.9 Å². The molecule has 4 heteroatoms. The van der Waals surface area contributed by atoms with E-state index < -0.39 is 5.82 Å². The molecule has 1 heterocycles. The van der Waals surface area contributed by atoms with Gasteiger partial charge in [-0.2, -0.15) is 0 Å². The fourth-order valence-electron chi connectivity index (χ4n) is 2.30. The van der Waals surface area contributed by atoms with E-state index in [1.165, 1.54) is 12.1 Å². The van der Waals surface area contributed by atoms with Crippen LogP contribution in [0, 0.1) is 11.6 Å². The molecule has 94 valence electrons. The van der Waals surface area contributed by atoms with E-state index in [2.05, 4.69) is 4.90 Å². The average molecular weight is 241 g/mol. The number of halogens is 2. The monoisotopic (exact) mass is 241 g/mol. The number of hydrogen-bond acceptors (Lipinski definition) is 2. The second-order valence-corrected chi connectivity index (χ2v) is 4.61. The molecule has 0 bridgehead atoms. The molecule has 1 fully saturated rings. The molecule has 0 saturated carbocycles. The van der Waals surface area contributed by atoms with E-state index in [9.17, 15) is 13.9 Å². The molecule has 1 unspecified atom stereocenters. The molecule has 1 atom stereocenters. The van der Waals surface area contributed by atoms with E-state index in [-0.39, 0.29) is 18.0 Å². The predicted octanol–water partition coefficient (Wildman–Crippen LogP) is 2.48. The summed E-state index contributed by atoms with van der Waals surface area (Å²) in [6.07, 6.45) is 1.14. The normalized spacial score (nSPS) is 20.5. The van der Waals surface area contributed by atoms with Crippen LogP contribution in [0.15, 0.2) is 18.2 Å². The van der Waals surface area contributed by atoms with Crippen molar-refractivity contribution in [3.8, 4) is 0 Å². The third-order valence-corrected chi connectivity index (χ3v) is 3.45. The highest BCUT2D eigenvalue weighted by molar-refractivity contribution is 5.22. The molecule has 2 nitrogen and oxygen atoms in total. The van der Waals surface area contributed by atoms with Crippen molar-refractivity contribution in [3.63, 3.8) is 0 Å². The van der Waals surface area contributed by atoms with Gasteiger partial charge >= 0.3 is 0 Å². The molecule has 1 N–H and O–H groups in total. The first-order chi connectivity index (χ1) is 8.08. The first-order valence-corrected chi connectivity index (χ1v) is 5.95. The van der Waals surface area contributed by atoms with Crippen molar-refractivity contribution in [2.75, 3.05) is 13.1 Å². The van der Waals surface area contributed by atoms with Gasteiger partial charge in [0, 0.05) is 24.7 Å². The highest BCUT2D eigenvalue weighted by atomic mass is 19.1. The number of rotatable bonds is 2. The molecular weight excluding hydrogens is 224 g/mol. The summed E-state index contributed by atoms with van der Waals surface area (Å²) in [6, 6.07) is 3.40. The van der Waals surface area contributed by atoms with Crippen LogP contribution in [0.25, 0.3) is 0 Å². The third kappa shape index (κ3) is 2.82. The Kier molecular flexibility index (Phi) is 3.74. The maximum Gasteiger partial charge on any atom is 0.128 e. The number of piperidine rings is 1. The zero-order chi connectivity index (χ0) is 12.4. The molecule has 1 aliphatic rings. The minimum Gasteiger partial charge on any atom is -0.393 e. The highest BCUT2D eigenvalue weighted by Gasteiger charge is 2.24. The summed E-state index contributed by atoms with van der Waals surface area (Å²) in [5.41, 5.74) is 0.390. The van der Waals surface area contributed by atoms with Gasteiger partial charge in [-0.3, -0.25) is 4.90 Å². The summed E-state index contributed by atoms with van der Waals surface area (Å²) in [5, 5.41) is 9.42. The van der Waals surface area contributed by atoms with Gasteiger partial charge in [0.1, 0.15) is 11.6 Å². The number of aliphatic hydroxyl groups excluding tert-OH is 1. The van der Waals surface area contributed by atoms with Crippen molar-refractivity contribution in [2.24, 2.45) is 0 Å². The first kappa shape index (κ1) is 12.5. The fourth-order valence-corrected chi connectivity index (χ4v) is 2.30. The Morgan fingerprint density at radius 2 is 1.94 bits per heavy atom. The van der Waals surface area contributed by atoms with Crippen molar-refractivity contribution >= 4 is 0 Å². The summed E-state index contributed by atoms with van der Waals surface area (Å²) in [6.45, 7) is 3.31. The van der Waals surface area contributed by atoms with Crippen LogP contribution in [-0.4, -0.2) is 29.2 Å². The minimum absolute atomic E-state index is 0.154. The zero-order valence-electron chi connectivity index (χ0n) is 9.87. The quantitative estimate of drug-likeness (QED) is 0.860. The minimum atomic E-state index is -0.412. The molecule has 2 rings (SSSR count). The topological polar surface area (TPSA) is 23.5 Å². The SMILES string of the molecule is CC(c1cc(F)ccc1F)N1CCC(O)CC1. The second-order valence-electron chi connectivity index (χ2n) is 4.61. The lowest BCUT2D eigenvalue weighted by Crippen LogP contribution is -2.37. The standard InChI is InChI=1S/C13H17F2NO/c1-9(16-6-4-11(17)5-7-16)12-8-10(14)2-3-13(12)15/h2-3,8-9,11,17H,4-7H2,1H3. The van der Waals surface area contributed by atoms with Crippen molar-refractivity contribution in [1.82, 2.24) is 4.90 Å². The van der Waals surface area contributed by atoms with Gasteiger partial charge in [0.15, 0.2) is 0 Å². The van der Waals surface area contributed by atoms with Gasteiger partial charge in [-0.05, 0) is 38.0 Å². The van der Waals surface area contributed by atoms with Crippen LogP contribution in [0.4, 0.5) is 8.78 Å². The molecule has 1 aliphatic heterocycles. The van der Waals surface area contributed by atoms with Crippen molar-refractivity contribution in [3.05, 3.63) is 35.4 Å². The number of hydrogen-bond donors (Lipinski definition) is 1. The molecule has 1 aromatic carbocycles. The Morgan fingerprint density at radius 3 is 2.59 bits per heavy atom. The van der Waals surface area contributed by atoms with Crippen LogP contribution < -0.4 is 0 Å². The molecule has 0 radical (unpaired) electrons. The molecule has 1 aromatic rings. The van der Waals surface area contributed by atoms with Gasteiger partial charge in [-0.1, -0.05) is 0 Å². The third-order valence-electron chi connectivity index (χ3n) is 3.45. The van der Waals surface area contributed by atoms with Crippen LogP contribution in [0.2, 0.25) is 0 Å². The van der Waals surface area contributed by atoms with E-state index >= 15 is 0 Å². The van der Waals surface area contributed by atoms with Crippen LogP contribution in [0.5, 0.6) is 0 Å². The van der Waals surface area contributed by atoms with Gasteiger partial charge < -0.3 is 5.11 Å². The summed E-state index contributed by atoms with van der Waals surface area (Å²) >= 11 is 0. The van der Waals surface area contributed by atoms with Gasteiger partial charge in [-0.15, -0.1) is 0 Å². The summed E-state index contributed by atoms with van der Waals surface area (Å²) < 4.78 is 26.7. The predicted molar refractivity (Wildman–Crippen MR) is 61.6 cm³/mol. The Hall–Kier alpha value is -1.00. The molecule has 0 spiro atoms. The largest absolute Gasteiger partial charge is 0.393 e. The molecule has 0 aliphatic carbocycles. The van der Waals surface area contributed by atoms with Gasteiger partial charge in [0.25, 0.3) is 0 Å². The Labute approximate surface area is 99.9 Å². The first-order valence-electron chi connectivity index (χ1n) is 5.95. The Morgan fingerprint density at radius 1 is 1.29 bits per heavy atom. The number of benzene rings is 1. The van der Waals surface area contributed by atoms with E-state index in [1.807, 2.05) is 6.92 Å². The number of likely N-dealkylation sites (tertiary alicyclic amines) is 1. The van der Waals surface area contributed by atoms with Crippen LogP contribution in [-0.2, 0) is 0 Å². The van der Waals surface area contributed by atoms with Gasteiger partial charge in [-0.25, -0.2) is 8.78 Å². The van der Waals surface area contributed by atoms with E-state index in [4.69, 9.17) is 0 Å². The summed E-state index contributed by atoms with van der Waals surface area (Å²) in [4.78, 5) is 2.07. The zero-order valence-corrected chi connectivity index (χ0v) is 9.87. The van der Waals surface area contributed by atoms with Crippen LogP contribution >= 0.6 is 0 Å².